The van der Waals surface area contributed by atoms with Gasteiger partial charge in [-0.05, 0) is 13.3 Å². The average Bonchev–Trinajstić information content (AvgIpc) is 2.58. The summed E-state index contributed by atoms with van der Waals surface area (Å²) in [4.78, 5) is 13.9. The van der Waals surface area contributed by atoms with E-state index in [9.17, 15) is 4.79 Å². The molecule has 0 heterocycles. The Bertz CT molecular complexity index is 316. The van der Waals surface area contributed by atoms with Crippen LogP contribution in [0.1, 0.15) is 117 Å². The zero-order chi connectivity index (χ0) is 19.9. The van der Waals surface area contributed by atoms with E-state index in [2.05, 4.69) is 11.9 Å². The van der Waals surface area contributed by atoms with Crippen LogP contribution in [-0.4, -0.2) is 23.6 Å². The number of rotatable bonds is 17. The molecule has 0 amide bonds. The lowest BCUT2D eigenvalue weighted by atomic mass is 10.0. The Labute approximate surface area is 162 Å². The Morgan fingerprint density at radius 1 is 0.692 bits per heavy atom. The number of unbranched alkanes of at least 4 members (excludes halogenated alkanes) is 14. The Morgan fingerprint density at radius 3 is 1.27 bits per heavy atom. The minimum atomic E-state index is -0.653. The molecule has 0 atom stereocenters. The molecule has 5 heteroatoms. The summed E-state index contributed by atoms with van der Waals surface area (Å²) in [5.41, 5.74) is 9.86. The van der Waals surface area contributed by atoms with Crippen molar-refractivity contribution in [3.8, 4) is 0 Å². The maximum Gasteiger partial charge on any atom is 0.303 e. The van der Waals surface area contributed by atoms with Crippen LogP contribution in [-0.2, 0) is 4.79 Å². The molecule has 0 saturated carbocycles. The summed E-state index contributed by atoms with van der Waals surface area (Å²) in [5.74, 6) is -0.489. The van der Waals surface area contributed by atoms with Crippen LogP contribution in [0.3, 0.4) is 0 Å². The van der Waals surface area contributed by atoms with Gasteiger partial charge in [0.25, 0.3) is 0 Å². The van der Waals surface area contributed by atoms with Crippen LogP contribution in [0.25, 0.3) is 0 Å². The van der Waals surface area contributed by atoms with Gasteiger partial charge in [-0.25, -0.2) is 0 Å². The van der Waals surface area contributed by atoms with Crippen molar-refractivity contribution < 1.29 is 9.90 Å². The molecule has 0 unspecified atom stereocenters. The number of guanidine groups is 1. The van der Waals surface area contributed by atoms with Gasteiger partial charge in [0.15, 0.2) is 5.96 Å². The van der Waals surface area contributed by atoms with Gasteiger partial charge in [-0.2, -0.15) is 0 Å². The first kappa shape index (κ1) is 27.0. The number of hydrogen-bond donors (Lipinski definition) is 3. The van der Waals surface area contributed by atoms with Crippen LogP contribution in [0.5, 0.6) is 0 Å². The predicted molar refractivity (Wildman–Crippen MR) is 114 cm³/mol. The molecule has 0 spiro atoms. The first-order valence-corrected chi connectivity index (χ1v) is 10.8. The summed E-state index contributed by atoms with van der Waals surface area (Å²) in [6.07, 6.45) is 20.2. The van der Waals surface area contributed by atoms with Crippen molar-refractivity contribution >= 4 is 11.9 Å². The highest BCUT2D eigenvalue weighted by Gasteiger charge is 1.97. The predicted octanol–water partition coefficient (Wildman–Crippen LogP) is 5.61. The largest absolute Gasteiger partial charge is 0.481 e. The van der Waals surface area contributed by atoms with E-state index in [0.717, 1.165) is 12.8 Å². The van der Waals surface area contributed by atoms with Crippen molar-refractivity contribution in [1.29, 1.82) is 0 Å². The second-order valence-electron chi connectivity index (χ2n) is 6.99. The maximum absolute atomic E-state index is 10.3. The first-order chi connectivity index (χ1) is 12.5. The molecule has 5 N–H and O–H groups in total. The average molecular weight is 372 g/mol. The molecule has 5 nitrogen and oxygen atoms in total. The number of nitrogens with zero attached hydrogens (tertiary/aromatic N) is 1. The van der Waals surface area contributed by atoms with Gasteiger partial charge in [0.2, 0.25) is 0 Å². The number of aliphatic carboxylic acids is 1. The zero-order valence-electron chi connectivity index (χ0n) is 17.5. The van der Waals surface area contributed by atoms with Crippen molar-refractivity contribution in [1.82, 2.24) is 0 Å². The van der Waals surface area contributed by atoms with Gasteiger partial charge < -0.3 is 16.6 Å². The van der Waals surface area contributed by atoms with E-state index in [1.165, 1.54) is 83.5 Å². The topological polar surface area (TPSA) is 102 Å². The molecule has 0 aliphatic rings. The Kier molecular flexibility index (Phi) is 24.6. The molecule has 0 aliphatic carbocycles. The van der Waals surface area contributed by atoms with Crippen LogP contribution < -0.4 is 11.5 Å². The second kappa shape index (κ2) is 23.7. The number of carboxylic acid groups (broad SMARTS) is 1. The molecule has 0 bridgehead atoms. The molecular weight excluding hydrogens is 326 g/mol. The summed E-state index contributed by atoms with van der Waals surface area (Å²) in [6.45, 7) is 4.81. The number of carbonyl (C=O) groups is 1. The summed E-state index contributed by atoms with van der Waals surface area (Å²) < 4.78 is 0. The van der Waals surface area contributed by atoms with Crippen molar-refractivity contribution in [3.05, 3.63) is 0 Å². The molecule has 26 heavy (non-hydrogen) atoms. The van der Waals surface area contributed by atoms with E-state index in [4.69, 9.17) is 16.6 Å². The van der Waals surface area contributed by atoms with E-state index >= 15 is 0 Å². The molecule has 0 rings (SSSR count). The smallest absolute Gasteiger partial charge is 0.303 e. The van der Waals surface area contributed by atoms with Crippen LogP contribution in [0, 0.1) is 0 Å². The quantitative estimate of drug-likeness (QED) is 0.176. The third kappa shape index (κ3) is 30.6. The van der Waals surface area contributed by atoms with Crippen LogP contribution in [0.2, 0.25) is 0 Å². The van der Waals surface area contributed by atoms with E-state index in [1.807, 2.05) is 6.92 Å². The molecule has 0 saturated heterocycles. The van der Waals surface area contributed by atoms with Crippen LogP contribution >= 0.6 is 0 Å². The minimum Gasteiger partial charge on any atom is -0.481 e. The van der Waals surface area contributed by atoms with Gasteiger partial charge in [0, 0.05) is 13.0 Å². The molecule has 0 radical (unpaired) electrons. The molecule has 0 aliphatic heterocycles. The lowest BCUT2D eigenvalue weighted by Gasteiger charge is -2.03. The molecular formula is C21H45N3O2. The summed E-state index contributed by atoms with van der Waals surface area (Å²) in [7, 11) is 0. The molecule has 0 aromatic heterocycles. The van der Waals surface area contributed by atoms with Crippen molar-refractivity contribution in [2.24, 2.45) is 16.5 Å². The number of hydrogen-bond acceptors (Lipinski definition) is 2. The maximum atomic E-state index is 10.3. The fraction of sp³-hybridized carbons (Fsp3) is 0.905. The molecule has 0 aromatic rings. The van der Waals surface area contributed by atoms with Crippen molar-refractivity contribution in [3.63, 3.8) is 0 Å². The SMILES string of the molecule is CCCCCCCCCCCCCCCCCC(=O)O.CCN=C(N)N. The van der Waals surface area contributed by atoms with Gasteiger partial charge in [-0.15, -0.1) is 0 Å². The highest BCUT2D eigenvalue weighted by molar-refractivity contribution is 5.75. The third-order valence-electron chi connectivity index (χ3n) is 4.33. The highest BCUT2D eigenvalue weighted by atomic mass is 16.4. The fourth-order valence-corrected chi connectivity index (χ4v) is 2.83. The summed E-state index contributed by atoms with van der Waals surface area (Å²) >= 11 is 0. The van der Waals surface area contributed by atoms with Crippen LogP contribution in [0.4, 0.5) is 0 Å². The van der Waals surface area contributed by atoms with Crippen molar-refractivity contribution in [2.75, 3.05) is 6.54 Å². The van der Waals surface area contributed by atoms with E-state index in [0.29, 0.717) is 13.0 Å². The minimum absolute atomic E-state index is 0.164. The molecule has 156 valence electrons. The third-order valence-corrected chi connectivity index (χ3v) is 4.33. The monoisotopic (exact) mass is 371 g/mol. The summed E-state index contributed by atoms with van der Waals surface area (Å²) in [5, 5.41) is 8.52. The number of aliphatic imine (C=N–C) groups is 1. The molecule has 0 aromatic carbocycles. The standard InChI is InChI=1S/C18H36O2.C3H9N3/c1-2-3-4-5-6-7-8-9-10-11-12-13-14-15-16-17-18(19)20;1-2-6-3(4)5/h2-17H2,1H3,(H,19,20);2H2,1H3,(H4,4,5,6). The van der Waals surface area contributed by atoms with Gasteiger partial charge in [0.1, 0.15) is 0 Å². The van der Waals surface area contributed by atoms with Gasteiger partial charge in [0.05, 0.1) is 0 Å². The Balaban J connectivity index is 0. The van der Waals surface area contributed by atoms with Crippen LogP contribution in [0.15, 0.2) is 4.99 Å². The first-order valence-electron chi connectivity index (χ1n) is 10.8. The zero-order valence-corrected chi connectivity index (χ0v) is 17.5. The normalized spacial score (nSPS) is 10.1. The number of nitrogens with two attached hydrogens (primary N) is 2. The summed E-state index contributed by atoms with van der Waals surface area (Å²) in [6, 6.07) is 0. The van der Waals surface area contributed by atoms with Gasteiger partial charge in [-0.3, -0.25) is 9.79 Å². The van der Waals surface area contributed by atoms with E-state index < -0.39 is 5.97 Å². The molecule has 0 fully saturated rings. The van der Waals surface area contributed by atoms with Gasteiger partial charge >= 0.3 is 5.97 Å². The lowest BCUT2D eigenvalue weighted by molar-refractivity contribution is -0.137. The fourth-order valence-electron chi connectivity index (χ4n) is 2.83. The van der Waals surface area contributed by atoms with Gasteiger partial charge in [-0.1, -0.05) is 96.8 Å². The second-order valence-corrected chi connectivity index (χ2v) is 6.99. The van der Waals surface area contributed by atoms with E-state index in [1.54, 1.807) is 0 Å². The lowest BCUT2D eigenvalue weighted by Crippen LogP contribution is -2.22. The highest BCUT2D eigenvalue weighted by Crippen LogP contribution is 2.13. The Hall–Kier alpha value is -1.26. The Morgan fingerprint density at radius 2 is 1.04 bits per heavy atom. The number of carboxylic acids is 1. The van der Waals surface area contributed by atoms with E-state index in [-0.39, 0.29) is 5.96 Å². The van der Waals surface area contributed by atoms with Crippen molar-refractivity contribution in [2.45, 2.75) is 117 Å².